The Morgan fingerprint density at radius 2 is 1.24 bits per heavy atom. The fourth-order valence-electron chi connectivity index (χ4n) is 4.04. The largest absolute Gasteiger partial charge is 0.283 e. The molecule has 1 rings (SSSR count). The fourth-order valence-corrected chi connectivity index (χ4v) is 6.16. The lowest BCUT2D eigenvalue weighted by atomic mass is 10.0. The van der Waals surface area contributed by atoms with E-state index in [1.807, 2.05) is 0 Å². The quantitative estimate of drug-likeness (QED) is 0.0719. The molecule has 0 atom stereocenters. The monoisotopic (exact) mass is 535 g/mol. The standard InChI is InChI=1S/C25H39Cl2NO5S/c1-2-3-4-5-6-7-8-9-10-11-12-13-14-15-16-17-18-34(32,33)24-19-21(25(27)29)23(28(30)31)20-22(24)26/h19-20H,2-18H2,1H3. The van der Waals surface area contributed by atoms with Gasteiger partial charge in [0, 0.05) is 6.07 Å². The normalized spacial score (nSPS) is 11.6. The number of unbranched alkanes of at least 4 members (excludes halogenated alkanes) is 15. The van der Waals surface area contributed by atoms with Crippen molar-refractivity contribution in [2.45, 2.75) is 115 Å². The van der Waals surface area contributed by atoms with Gasteiger partial charge in [0.2, 0.25) is 0 Å². The first-order valence-corrected chi connectivity index (χ1v) is 15.0. The van der Waals surface area contributed by atoms with Crippen molar-refractivity contribution in [3.05, 3.63) is 32.8 Å². The highest BCUT2D eigenvalue weighted by molar-refractivity contribution is 7.91. The molecule has 0 aliphatic heterocycles. The van der Waals surface area contributed by atoms with E-state index in [0.29, 0.717) is 6.42 Å². The minimum absolute atomic E-state index is 0.126. The van der Waals surface area contributed by atoms with Gasteiger partial charge in [-0.05, 0) is 24.1 Å². The van der Waals surface area contributed by atoms with Crippen LogP contribution in [0.5, 0.6) is 0 Å². The molecule has 0 heterocycles. The van der Waals surface area contributed by atoms with Gasteiger partial charge in [-0.15, -0.1) is 0 Å². The number of rotatable bonds is 20. The first kappa shape index (κ1) is 30.9. The second-order valence-corrected chi connectivity index (χ2v) is 11.8. The molecule has 0 bridgehead atoms. The van der Waals surface area contributed by atoms with Crippen molar-refractivity contribution >= 4 is 44.0 Å². The summed E-state index contributed by atoms with van der Waals surface area (Å²) in [5, 5.41) is 9.70. The van der Waals surface area contributed by atoms with E-state index in [1.54, 1.807) is 0 Å². The van der Waals surface area contributed by atoms with Crippen molar-refractivity contribution < 1.29 is 18.1 Å². The van der Waals surface area contributed by atoms with E-state index in [1.165, 1.54) is 77.0 Å². The summed E-state index contributed by atoms with van der Waals surface area (Å²) in [5.41, 5.74) is -1.08. The van der Waals surface area contributed by atoms with Crippen LogP contribution in [-0.4, -0.2) is 24.3 Å². The first-order chi connectivity index (χ1) is 16.2. The second kappa shape index (κ2) is 17.3. The van der Waals surface area contributed by atoms with Crippen LogP contribution in [0.2, 0.25) is 5.02 Å². The van der Waals surface area contributed by atoms with Crippen molar-refractivity contribution in [3.8, 4) is 0 Å². The van der Waals surface area contributed by atoms with Gasteiger partial charge in [0.05, 0.1) is 20.6 Å². The van der Waals surface area contributed by atoms with E-state index in [0.717, 1.165) is 31.4 Å². The zero-order valence-corrected chi connectivity index (χ0v) is 22.7. The molecule has 0 saturated heterocycles. The predicted octanol–water partition coefficient (Wildman–Crippen LogP) is 8.66. The van der Waals surface area contributed by atoms with Crippen molar-refractivity contribution in [2.24, 2.45) is 0 Å². The van der Waals surface area contributed by atoms with Crippen LogP contribution >= 0.6 is 23.2 Å². The van der Waals surface area contributed by atoms with Gasteiger partial charge in [-0.1, -0.05) is 115 Å². The summed E-state index contributed by atoms with van der Waals surface area (Å²) in [6.07, 6.45) is 19.1. The van der Waals surface area contributed by atoms with Crippen LogP contribution in [0, 0.1) is 10.1 Å². The molecule has 0 N–H and O–H groups in total. The lowest BCUT2D eigenvalue weighted by Crippen LogP contribution is -2.10. The highest BCUT2D eigenvalue weighted by atomic mass is 35.5. The van der Waals surface area contributed by atoms with Crippen LogP contribution < -0.4 is 0 Å². The Morgan fingerprint density at radius 3 is 1.62 bits per heavy atom. The summed E-state index contributed by atoms with van der Waals surface area (Å²) in [5.74, 6) is -0.126. The molecule has 1 aromatic carbocycles. The molecule has 1 aromatic rings. The molecule has 0 aliphatic carbocycles. The van der Waals surface area contributed by atoms with Crippen LogP contribution in [0.15, 0.2) is 17.0 Å². The third-order valence-corrected chi connectivity index (χ3v) is 8.52. The predicted molar refractivity (Wildman–Crippen MR) is 140 cm³/mol. The van der Waals surface area contributed by atoms with Crippen LogP contribution in [0.1, 0.15) is 120 Å². The van der Waals surface area contributed by atoms with Crippen molar-refractivity contribution in [1.82, 2.24) is 0 Å². The Kier molecular flexibility index (Phi) is 15.7. The molecular formula is C25H39Cl2NO5S. The van der Waals surface area contributed by atoms with Gasteiger partial charge in [-0.2, -0.15) is 0 Å². The van der Waals surface area contributed by atoms with Gasteiger partial charge in [-0.3, -0.25) is 14.9 Å². The van der Waals surface area contributed by atoms with Gasteiger partial charge >= 0.3 is 0 Å². The molecule has 0 aromatic heterocycles. The topological polar surface area (TPSA) is 94.3 Å². The number of hydrogen-bond acceptors (Lipinski definition) is 5. The lowest BCUT2D eigenvalue weighted by Gasteiger charge is -2.08. The maximum absolute atomic E-state index is 12.6. The number of hydrogen-bond donors (Lipinski definition) is 0. The van der Waals surface area contributed by atoms with Gasteiger partial charge < -0.3 is 0 Å². The first-order valence-electron chi connectivity index (χ1n) is 12.6. The Balaban J connectivity index is 2.22. The number of halogens is 2. The van der Waals surface area contributed by atoms with Crippen molar-refractivity contribution in [3.63, 3.8) is 0 Å². The molecule has 194 valence electrons. The average Bonchev–Trinajstić information content (AvgIpc) is 2.78. The summed E-state index contributed by atoms with van der Waals surface area (Å²) in [6.45, 7) is 2.24. The molecule has 0 unspecified atom stereocenters. The van der Waals surface area contributed by atoms with Crippen LogP contribution in [0.3, 0.4) is 0 Å². The summed E-state index contributed by atoms with van der Waals surface area (Å²) >= 11 is 11.4. The highest BCUT2D eigenvalue weighted by Crippen LogP contribution is 2.32. The number of nitro groups is 1. The summed E-state index contributed by atoms with van der Waals surface area (Å²) in [4.78, 5) is 21.5. The molecule has 0 amide bonds. The number of carbonyl (C=O) groups is 1. The zero-order valence-electron chi connectivity index (χ0n) is 20.3. The summed E-state index contributed by atoms with van der Waals surface area (Å²) < 4.78 is 25.3. The van der Waals surface area contributed by atoms with Crippen LogP contribution in [0.4, 0.5) is 5.69 Å². The maximum Gasteiger partial charge on any atom is 0.283 e. The van der Waals surface area contributed by atoms with E-state index in [4.69, 9.17) is 23.2 Å². The van der Waals surface area contributed by atoms with Gasteiger partial charge in [0.15, 0.2) is 9.84 Å². The lowest BCUT2D eigenvalue weighted by molar-refractivity contribution is -0.385. The SMILES string of the molecule is CCCCCCCCCCCCCCCCCCS(=O)(=O)c1cc(C(=O)Cl)c([N+](=O)[O-])cc1Cl. The van der Waals surface area contributed by atoms with Crippen molar-refractivity contribution in [2.75, 3.05) is 5.75 Å². The molecule has 0 spiro atoms. The Labute approximate surface area is 214 Å². The smallest absolute Gasteiger partial charge is 0.275 e. The number of carbonyl (C=O) groups excluding carboxylic acids is 1. The van der Waals surface area contributed by atoms with E-state index in [-0.39, 0.29) is 15.7 Å². The molecule has 34 heavy (non-hydrogen) atoms. The fraction of sp³-hybridized carbons (Fsp3) is 0.720. The molecule has 9 heteroatoms. The molecule has 6 nitrogen and oxygen atoms in total. The van der Waals surface area contributed by atoms with Gasteiger partial charge in [0.1, 0.15) is 5.56 Å². The molecule has 0 saturated carbocycles. The number of benzene rings is 1. The number of sulfone groups is 1. The Hall–Kier alpha value is -1.18. The maximum atomic E-state index is 12.6. The summed E-state index contributed by atoms with van der Waals surface area (Å²) in [7, 11) is -3.77. The zero-order chi connectivity index (χ0) is 25.4. The Morgan fingerprint density at radius 1 is 0.824 bits per heavy atom. The van der Waals surface area contributed by atoms with Crippen LogP contribution in [-0.2, 0) is 9.84 Å². The van der Waals surface area contributed by atoms with Gasteiger partial charge in [-0.25, -0.2) is 8.42 Å². The number of nitrogens with zero attached hydrogens (tertiary/aromatic N) is 1. The van der Waals surface area contributed by atoms with E-state index in [9.17, 15) is 23.3 Å². The summed E-state index contributed by atoms with van der Waals surface area (Å²) in [6, 6.07) is 1.79. The third kappa shape index (κ3) is 12.0. The number of nitro benzene ring substituents is 1. The van der Waals surface area contributed by atoms with Crippen LogP contribution in [0.25, 0.3) is 0 Å². The minimum Gasteiger partial charge on any atom is -0.275 e. The van der Waals surface area contributed by atoms with Crippen molar-refractivity contribution in [1.29, 1.82) is 0 Å². The highest BCUT2D eigenvalue weighted by Gasteiger charge is 2.27. The minimum atomic E-state index is -3.77. The Bertz CT molecular complexity index is 874. The van der Waals surface area contributed by atoms with E-state index in [2.05, 4.69) is 6.92 Å². The average molecular weight is 537 g/mol. The van der Waals surface area contributed by atoms with E-state index < -0.39 is 31.3 Å². The molecule has 0 radical (unpaired) electrons. The van der Waals surface area contributed by atoms with Gasteiger partial charge in [0.25, 0.3) is 10.9 Å². The molecule has 0 aliphatic rings. The van der Waals surface area contributed by atoms with E-state index >= 15 is 0 Å². The third-order valence-electron chi connectivity index (χ3n) is 6.06. The second-order valence-electron chi connectivity index (χ2n) is 8.95. The molecular weight excluding hydrogens is 497 g/mol. The molecule has 0 fully saturated rings.